The molecule has 0 fully saturated rings. The van der Waals surface area contributed by atoms with Crippen molar-refractivity contribution in [2.75, 3.05) is 11.9 Å². The highest BCUT2D eigenvalue weighted by molar-refractivity contribution is 8.00. The first kappa shape index (κ1) is 22.9. The molecule has 29 heavy (non-hydrogen) atoms. The highest BCUT2D eigenvalue weighted by atomic mass is 32.2. The number of esters is 1. The molecule has 156 valence electrons. The van der Waals surface area contributed by atoms with Crippen LogP contribution in [-0.2, 0) is 9.53 Å². The summed E-state index contributed by atoms with van der Waals surface area (Å²) in [5.41, 5.74) is 0.203. The van der Waals surface area contributed by atoms with Crippen molar-refractivity contribution in [1.29, 1.82) is 0 Å². The predicted octanol–water partition coefficient (Wildman–Crippen LogP) is 5.68. The molecule has 1 unspecified atom stereocenters. The Bertz CT molecular complexity index is 843. The molecule has 0 aliphatic carbocycles. The van der Waals surface area contributed by atoms with Crippen LogP contribution >= 0.6 is 11.8 Å². The number of anilines is 1. The first-order valence-corrected chi connectivity index (χ1v) is 10.4. The van der Waals surface area contributed by atoms with Gasteiger partial charge in [-0.3, -0.25) is 9.59 Å². The Kier molecular flexibility index (Phi) is 8.64. The molecular formula is C22H25F2NO3S. The van der Waals surface area contributed by atoms with Crippen molar-refractivity contribution in [3.8, 4) is 0 Å². The second kappa shape index (κ2) is 11.0. The van der Waals surface area contributed by atoms with Gasteiger partial charge in [-0.1, -0.05) is 45.4 Å². The summed E-state index contributed by atoms with van der Waals surface area (Å²) in [4.78, 5) is 24.7. The third-order valence-electron chi connectivity index (χ3n) is 4.14. The first-order chi connectivity index (χ1) is 13.8. The molecule has 1 amide bonds. The molecule has 2 aromatic rings. The van der Waals surface area contributed by atoms with Crippen molar-refractivity contribution in [1.82, 2.24) is 0 Å². The standard InChI is InChI=1S/C22H25F2NO3S/c1-4-5-11-28-22(27)20(14(2)3)29-19-13-18(16(23)12-17(19)24)25-21(26)15-9-7-6-8-10-15/h6-10,12-14,20H,4-5,11H2,1-3H3,(H,25,26). The molecule has 2 rings (SSSR count). The number of amides is 1. The molecule has 0 spiro atoms. The SMILES string of the molecule is CCCCOC(=O)C(Sc1cc(NC(=O)c2ccccc2)c(F)cc1F)C(C)C. The Morgan fingerprint density at radius 2 is 1.79 bits per heavy atom. The van der Waals surface area contributed by atoms with E-state index in [-0.39, 0.29) is 16.5 Å². The number of ether oxygens (including phenoxy) is 1. The average Bonchev–Trinajstić information content (AvgIpc) is 2.69. The summed E-state index contributed by atoms with van der Waals surface area (Å²) < 4.78 is 33.8. The van der Waals surface area contributed by atoms with Crippen LogP contribution in [0.4, 0.5) is 14.5 Å². The van der Waals surface area contributed by atoms with Gasteiger partial charge in [0.2, 0.25) is 0 Å². The number of nitrogens with one attached hydrogen (secondary N) is 1. The number of thioether (sulfide) groups is 1. The van der Waals surface area contributed by atoms with Crippen molar-refractivity contribution < 1.29 is 23.1 Å². The average molecular weight is 422 g/mol. The number of halogens is 2. The Labute approximate surface area is 174 Å². The fourth-order valence-electron chi connectivity index (χ4n) is 2.49. The molecule has 0 radical (unpaired) electrons. The summed E-state index contributed by atoms with van der Waals surface area (Å²) in [6, 6.07) is 10.2. The molecule has 7 heteroatoms. The van der Waals surface area contributed by atoms with Gasteiger partial charge in [0.15, 0.2) is 0 Å². The lowest BCUT2D eigenvalue weighted by atomic mass is 10.1. The molecule has 4 nitrogen and oxygen atoms in total. The summed E-state index contributed by atoms with van der Waals surface area (Å²) >= 11 is 0.968. The maximum absolute atomic E-state index is 14.4. The Morgan fingerprint density at radius 3 is 2.41 bits per heavy atom. The lowest BCUT2D eigenvalue weighted by Crippen LogP contribution is -2.26. The zero-order valence-corrected chi connectivity index (χ0v) is 17.5. The number of benzene rings is 2. The van der Waals surface area contributed by atoms with E-state index < -0.39 is 28.8 Å². The largest absolute Gasteiger partial charge is 0.465 e. The topological polar surface area (TPSA) is 55.4 Å². The Morgan fingerprint density at radius 1 is 1.10 bits per heavy atom. The molecule has 0 bridgehead atoms. The van der Waals surface area contributed by atoms with Gasteiger partial charge in [-0.15, -0.1) is 11.8 Å². The monoisotopic (exact) mass is 421 g/mol. The predicted molar refractivity (Wildman–Crippen MR) is 111 cm³/mol. The molecule has 0 aromatic heterocycles. The van der Waals surface area contributed by atoms with E-state index in [1.165, 1.54) is 6.07 Å². The van der Waals surface area contributed by atoms with Gasteiger partial charge in [0.05, 0.1) is 12.3 Å². The minimum Gasteiger partial charge on any atom is -0.465 e. The quantitative estimate of drug-likeness (QED) is 0.322. The number of hydrogen-bond donors (Lipinski definition) is 1. The second-order valence-corrected chi connectivity index (χ2v) is 8.07. The van der Waals surface area contributed by atoms with E-state index in [0.717, 1.165) is 24.6 Å². The van der Waals surface area contributed by atoms with Crippen LogP contribution in [0.2, 0.25) is 0 Å². The van der Waals surface area contributed by atoms with E-state index in [2.05, 4.69) is 5.32 Å². The molecular weight excluding hydrogens is 396 g/mol. The van der Waals surface area contributed by atoms with Gasteiger partial charge >= 0.3 is 5.97 Å². The Balaban J connectivity index is 2.20. The molecule has 1 atom stereocenters. The third kappa shape index (κ3) is 6.56. The summed E-state index contributed by atoms with van der Waals surface area (Å²) in [6.45, 7) is 5.96. The van der Waals surface area contributed by atoms with Gasteiger partial charge in [0.1, 0.15) is 16.9 Å². The summed E-state index contributed by atoms with van der Waals surface area (Å²) in [6.07, 6.45) is 1.64. The van der Waals surface area contributed by atoms with E-state index in [1.54, 1.807) is 30.3 Å². The van der Waals surface area contributed by atoms with Crippen molar-refractivity contribution in [3.63, 3.8) is 0 Å². The maximum atomic E-state index is 14.4. The van der Waals surface area contributed by atoms with Crippen LogP contribution < -0.4 is 5.32 Å². The summed E-state index contributed by atoms with van der Waals surface area (Å²) in [7, 11) is 0. The number of carbonyl (C=O) groups excluding carboxylic acids is 2. The van der Waals surface area contributed by atoms with Gasteiger partial charge in [-0.05, 0) is 30.5 Å². The summed E-state index contributed by atoms with van der Waals surface area (Å²) in [5, 5.41) is 1.81. The third-order valence-corrected chi connectivity index (χ3v) is 5.70. The molecule has 0 aliphatic rings. The molecule has 0 saturated heterocycles. The highest BCUT2D eigenvalue weighted by Crippen LogP contribution is 2.34. The molecule has 0 aliphatic heterocycles. The van der Waals surface area contributed by atoms with E-state index in [0.29, 0.717) is 18.2 Å². The highest BCUT2D eigenvalue weighted by Gasteiger charge is 2.27. The van der Waals surface area contributed by atoms with Crippen LogP contribution in [0.25, 0.3) is 0 Å². The summed E-state index contributed by atoms with van der Waals surface area (Å²) in [5.74, 6) is -2.75. The van der Waals surface area contributed by atoms with Crippen molar-refractivity contribution >= 4 is 29.3 Å². The molecule has 0 saturated carbocycles. The van der Waals surface area contributed by atoms with Gasteiger partial charge in [0.25, 0.3) is 5.91 Å². The number of hydrogen-bond acceptors (Lipinski definition) is 4. The number of rotatable bonds is 9. The van der Waals surface area contributed by atoms with Crippen molar-refractivity contribution in [2.45, 2.75) is 43.8 Å². The maximum Gasteiger partial charge on any atom is 0.319 e. The molecule has 0 heterocycles. The van der Waals surface area contributed by atoms with Gasteiger partial charge in [-0.25, -0.2) is 8.78 Å². The van der Waals surface area contributed by atoms with Crippen LogP contribution in [0.15, 0.2) is 47.4 Å². The fraction of sp³-hybridized carbons (Fsp3) is 0.364. The van der Waals surface area contributed by atoms with Crippen molar-refractivity contribution in [2.24, 2.45) is 5.92 Å². The lowest BCUT2D eigenvalue weighted by molar-refractivity contribution is -0.143. The van der Waals surface area contributed by atoms with Crippen LogP contribution in [0.3, 0.4) is 0 Å². The molecule has 1 N–H and O–H groups in total. The smallest absolute Gasteiger partial charge is 0.319 e. The zero-order valence-electron chi connectivity index (χ0n) is 16.7. The van der Waals surface area contributed by atoms with Gasteiger partial charge in [0, 0.05) is 16.5 Å². The fourth-order valence-corrected chi connectivity index (χ4v) is 3.56. The normalized spacial score (nSPS) is 11.9. The molecule has 2 aromatic carbocycles. The van der Waals surface area contributed by atoms with Gasteiger partial charge < -0.3 is 10.1 Å². The van der Waals surface area contributed by atoms with Crippen LogP contribution in [0.5, 0.6) is 0 Å². The van der Waals surface area contributed by atoms with E-state index in [9.17, 15) is 18.4 Å². The van der Waals surface area contributed by atoms with E-state index in [4.69, 9.17) is 4.74 Å². The van der Waals surface area contributed by atoms with E-state index in [1.807, 2.05) is 20.8 Å². The van der Waals surface area contributed by atoms with E-state index >= 15 is 0 Å². The number of carbonyl (C=O) groups is 2. The zero-order chi connectivity index (χ0) is 21.4. The van der Waals surface area contributed by atoms with Crippen LogP contribution in [-0.4, -0.2) is 23.7 Å². The number of unbranched alkanes of at least 4 members (excludes halogenated alkanes) is 1. The minimum atomic E-state index is -0.886. The van der Waals surface area contributed by atoms with Crippen molar-refractivity contribution in [3.05, 3.63) is 59.7 Å². The first-order valence-electron chi connectivity index (χ1n) is 9.52. The minimum absolute atomic E-state index is 0.0703. The second-order valence-electron chi connectivity index (χ2n) is 6.89. The van der Waals surface area contributed by atoms with Crippen LogP contribution in [0, 0.1) is 17.6 Å². The Hall–Kier alpha value is -2.41. The van der Waals surface area contributed by atoms with Gasteiger partial charge in [-0.2, -0.15) is 0 Å². The van der Waals surface area contributed by atoms with Crippen LogP contribution in [0.1, 0.15) is 44.0 Å². The lowest BCUT2D eigenvalue weighted by Gasteiger charge is -2.20.